The van der Waals surface area contributed by atoms with Gasteiger partial charge in [0, 0.05) is 24.9 Å². The van der Waals surface area contributed by atoms with Crippen molar-refractivity contribution in [1.29, 1.82) is 0 Å². The van der Waals surface area contributed by atoms with Gasteiger partial charge < -0.3 is 21.1 Å². The highest BCUT2D eigenvalue weighted by molar-refractivity contribution is 5.98. The van der Waals surface area contributed by atoms with Gasteiger partial charge >= 0.3 is 0 Å². The molecule has 1 atom stereocenters. The maximum Gasteiger partial charge on any atom is 0.251 e. The van der Waals surface area contributed by atoms with Crippen LogP contribution in [-0.4, -0.2) is 38.1 Å². The fourth-order valence-corrected chi connectivity index (χ4v) is 1.45. The maximum absolute atomic E-state index is 11.9. The van der Waals surface area contributed by atoms with Crippen molar-refractivity contribution in [3.05, 3.63) is 29.8 Å². The predicted octanol–water partition coefficient (Wildman–Crippen LogP) is 0.150. The molecule has 0 bridgehead atoms. The molecular weight excluding hydrogens is 246 g/mol. The first-order chi connectivity index (χ1) is 9.04. The lowest BCUT2D eigenvalue weighted by atomic mass is 10.2. The Hall–Kier alpha value is -2.08. The fourth-order valence-electron chi connectivity index (χ4n) is 1.45. The van der Waals surface area contributed by atoms with Crippen LogP contribution in [-0.2, 0) is 9.53 Å². The Bertz CT molecular complexity index is 449. The Morgan fingerprint density at radius 2 is 2.16 bits per heavy atom. The molecule has 1 rings (SSSR count). The van der Waals surface area contributed by atoms with Gasteiger partial charge in [0.15, 0.2) is 0 Å². The van der Waals surface area contributed by atoms with E-state index in [1.165, 1.54) is 0 Å². The number of carbonyl (C=O) groups excluding carboxylic acids is 2. The first kappa shape index (κ1) is 15.0. The Kier molecular flexibility index (Phi) is 5.81. The molecular formula is C13H19N3O3. The Morgan fingerprint density at radius 3 is 2.79 bits per heavy atom. The van der Waals surface area contributed by atoms with E-state index in [9.17, 15) is 9.59 Å². The minimum atomic E-state index is -0.620. The molecule has 104 valence electrons. The lowest BCUT2D eigenvalue weighted by Crippen LogP contribution is -2.45. The number of methoxy groups -OCH3 is 1. The molecule has 0 fully saturated rings. The number of ether oxygens (including phenoxy) is 1. The number of amides is 2. The average molecular weight is 265 g/mol. The topological polar surface area (TPSA) is 93.5 Å². The lowest BCUT2D eigenvalue weighted by Gasteiger charge is -2.14. The second-order valence-corrected chi connectivity index (χ2v) is 4.10. The first-order valence-corrected chi connectivity index (χ1v) is 5.97. The first-order valence-electron chi connectivity index (χ1n) is 5.97. The minimum Gasteiger partial charge on any atom is -0.399 e. The summed E-state index contributed by atoms with van der Waals surface area (Å²) >= 11 is 0. The number of nitrogens with two attached hydrogens (primary N) is 1. The van der Waals surface area contributed by atoms with Gasteiger partial charge in [0.05, 0.1) is 6.61 Å². The number of nitrogens with one attached hydrogen (secondary N) is 2. The van der Waals surface area contributed by atoms with E-state index in [0.29, 0.717) is 24.4 Å². The molecule has 2 amide bonds. The molecule has 0 aliphatic heterocycles. The van der Waals surface area contributed by atoms with Crippen LogP contribution in [0, 0.1) is 0 Å². The van der Waals surface area contributed by atoms with Crippen molar-refractivity contribution in [3.8, 4) is 0 Å². The van der Waals surface area contributed by atoms with E-state index in [4.69, 9.17) is 10.5 Å². The number of anilines is 1. The second kappa shape index (κ2) is 7.38. The van der Waals surface area contributed by atoms with Gasteiger partial charge in [-0.1, -0.05) is 6.07 Å². The summed E-state index contributed by atoms with van der Waals surface area (Å²) in [5.74, 6) is -0.587. The highest BCUT2D eigenvalue weighted by atomic mass is 16.5. The summed E-state index contributed by atoms with van der Waals surface area (Å²) in [6, 6.07) is 5.96. The fraction of sp³-hybridized carbons (Fsp3) is 0.385. The van der Waals surface area contributed by atoms with Crippen LogP contribution in [0.3, 0.4) is 0 Å². The minimum absolute atomic E-state index is 0.255. The van der Waals surface area contributed by atoms with Gasteiger partial charge in [0.25, 0.3) is 5.91 Å². The Labute approximate surface area is 112 Å². The third-order valence-corrected chi connectivity index (χ3v) is 2.50. The summed E-state index contributed by atoms with van der Waals surface area (Å²) in [6.07, 6.45) is 0. The van der Waals surface area contributed by atoms with Crippen LogP contribution in [0.5, 0.6) is 0 Å². The molecule has 6 nitrogen and oxygen atoms in total. The number of carbonyl (C=O) groups is 2. The van der Waals surface area contributed by atoms with Crippen molar-refractivity contribution in [2.75, 3.05) is 26.0 Å². The van der Waals surface area contributed by atoms with Gasteiger partial charge in [-0.15, -0.1) is 0 Å². The van der Waals surface area contributed by atoms with E-state index >= 15 is 0 Å². The van der Waals surface area contributed by atoms with Crippen LogP contribution >= 0.6 is 0 Å². The highest BCUT2D eigenvalue weighted by Gasteiger charge is 2.16. The molecule has 0 saturated heterocycles. The third kappa shape index (κ3) is 4.97. The lowest BCUT2D eigenvalue weighted by molar-refractivity contribution is -0.122. The van der Waals surface area contributed by atoms with E-state index in [0.717, 1.165) is 0 Å². The summed E-state index contributed by atoms with van der Waals surface area (Å²) in [5, 5.41) is 5.25. The standard InChI is InChI=1S/C13H19N3O3/c1-9(12(17)15-6-7-19-2)16-13(18)10-4-3-5-11(14)8-10/h3-5,8-9H,6-7,14H2,1-2H3,(H,15,17)(H,16,18). The van der Waals surface area contributed by atoms with E-state index in [1.54, 1.807) is 38.3 Å². The molecule has 0 aliphatic rings. The third-order valence-electron chi connectivity index (χ3n) is 2.50. The SMILES string of the molecule is COCCNC(=O)C(C)NC(=O)c1cccc(N)c1. The monoisotopic (exact) mass is 265 g/mol. The molecule has 0 radical (unpaired) electrons. The molecule has 0 saturated carbocycles. The molecule has 19 heavy (non-hydrogen) atoms. The molecule has 6 heteroatoms. The van der Waals surface area contributed by atoms with Crippen LogP contribution in [0.2, 0.25) is 0 Å². The normalized spacial score (nSPS) is 11.7. The highest BCUT2D eigenvalue weighted by Crippen LogP contribution is 2.06. The summed E-state index contributed by atoms with van der Waals surface area (Å²) in [7, 11) is 1.55. The van der Waals surface area contributed by atoms with Gasteiger partial charge in [0.2, 0.25) is 5.91 Å². The largest absolute Gasteiger partial charge is 0.399 e. The summed E-state index contributed by atoms with van der Waals surface area (Å²) in [6.45, 7) is 2.46. The van der Waals surface area contributed by atoms with E-state index in [2.05, 4.69) is 10.6 Å². The van der Waals surface area contributed by atoms with Gasteiger partial charge in [-0.25, -0.2) is 0 Å². The van der Waals surface area contributed by atoms with Gasteiger partial charge in [-0.05, 0) is 25.1 Å². The Balaban J connectivity index is 2.49. The molecule has 0 heterocycles. The second-order valence-electron chi connectivity index (χ2n) is 4.10. The van der Waals surface area contributed by atoms with E-state index < -0.39 is 6.04 Å². The molecule has 0 aromatic heterocycles. The van der Waals surface area contributed by atoms with Crippen molar-refractivity contribution < 1.29 is 14.3 Å². The van der Waals surface area contributed by atoms with Crippen LogP contribution in [0.4, 0.5) is 5.69 Å². The van der Waals surface area contributed by atoms with Crippen LogP contribution in [0.15, 0.2) is 24.3 Å². The molecule has 1 aromatic carbocycles. The van der Waals surface area contributed by atoms with Crippen molar-refractivity contribution in [2.24, 2.45) is 0 Å². The number of nitrogen functional groups attached to an aromatic ring is 1. The number of benzene rings is 1. The molecule has 0 spiro atoms. The van der Waals surface area contributed by atoms with E-state index in [-0.39, 0.29) is 11.8 Å². The zero-order valence-corrected chi connectivity index (χ0v) is 11.1. The smallest absolute Gasteiger partial charge is 0.251 e. The maximum atomic E-state index is 11.9. The van der Waals surface area contributed by atoms with Crippen LogP contribution in [0.1, 0.15) is 17.3 Å². The van der Waals surface area contributed by atoms with Crippen LogP contribution in [0.25, 0.3) is 0 Å². The quantitative estimate of drug-likeness (QED) is 0.504. The van der Waals surface area contributed by atoms with Gasteiger partial charge in [0.1, 0.15) is 6.04 Å². The summed E-state index contributed by atoms with van der Waals surface area (Å²) < 4.78 is 4.82. The Morgan fingerprint density at radius 1 is 1.42 bits per heavy atom. The number of rotatable bonds is 6. The molecule has 4 N–H and O–H groups in total. The van der Waals surface area contributed by atoms with Gasteiger partial charge in [-0.2, -0.15) is 0 Å². The number of hydrogen-bond donors (Lipinski definition) is 3. The number of hydrogen-bond acceptors (Lipinski definition) is 4. The zero-order valence-electron chi connectivity index (χ0n) is 11.1. The van der Waals surface area contributed by atoms with E-state index in [1.807, 2.05) is 0 Å². The van der Waals surface area contributed by atoms with Crippen LogP contribution < -0.4 is 16.4 Å². The van der Waals surface area contributed by atoms with Crippen molar-refractivity contribution in [1.82, 2.24) is 10.6 Å². The van der Waals surface area contributed by atoms with Crippen molar-refractivity contribution in [2.45, 2.75) is 13.0 Å². The summed E-state index contributed by atoms with van der Waals surface area (Å²) in [4.78, 5) is 23.5. The van der Waals surface area contributed by atoms with Crippen molar-refractivity contribution >= 4 is 17.5 Å². The molecule has 0 aliphatic carbocycles. The molecule has 1 aromatic rings. The van der Waals surface area contributed by atoms with Gasteiger partial charge in [-0.3, -0.25) is 9.59 Å². The molecule has 1 unspecified atom stereocenters. The summed E-state index contributed by atoms with van der Waals surface area (Å²) in [5.41, 5.74) is 6.53. The zero-order chi connectivity index (χ0) is 14.3. The predicted molar refractivity (Wildman–Crippen MR) is 72.7 cm³/mol. The van der Waals surface area contributed by atoms with Crippen molar-refractivity contribution in [3.63, 3.8) is 0 Å². The average Bonchev–Trinajstić information content (AvgIpc) is 2.38.